The van der Waals surface area contributed by atoms with Crippen LogP contribution in [0.25, 0.3) is 11.1 Å². The Morgan fingerprint density at radius 2 is 1.57 bits per heavy atom. The van der Waals surface area contributed by atoms with Crippen molar-refractivity contribution in [3.05, 3.63) is 54.6 Å². The molecule has 3 N–H and O–H groups in total. The molecule has 1 unspecified atom stereocenters. The van der Waals surface area contributed by atoms with Crippen LogP contribution in [-0.2, 0) is 10.0 Å². The van der Waals surface area contributed by atoms with E-state index in [-0.39, 0.29) is 10.9 Å². The lowest BCUT2D eigenvalue weighted by atomic mass is 10.1. The second-order valence-corrected chi connectivity index (χ2v) is 6.82. The van der Waals surface area contributed by atoms with E-state index in [4.69, 9.17) is 5.73 Å². The van der Waals surface area contributed by atoms with Crippen LogP contribution in [-0.4, -0.2) is 21.0 Å². The molecule has 0 aromatic heterocycles. The summed E-state index contributed by atoms with van der Waals surface area (Å²) in [7, 11) is -3.46. The van der Waals surface area contributed by atoms with Crippen molar-refractivity contribution in [2.75, 3.05) is 6.54 Å². The second kappa shape index (κ2) is 6.85. The van der Waals surface area contributed by atoms with Crippen molar-refractivity contribution in [1.29, 1.82) is 0 Å². The fourth-order valence-corrected chi connectivity index (χ4v) is 3.01. The van der Waals surface area contributed by atoms with Crippen molar-refractivity contribution in [3.8, 4) is 11.1 Å². The van der Waals surface area contributed by atoms with E-state index < -0.39 is 10.0 Å². The standard InChI is InChI=1S/C16H20N2O2S/c1-13(17)11-12-18-21(19,20)16-9-7-15(8-10-16)14-5-3-2-4-6-14/h2-10,13,18H,11-12,17H2,1H3. The van der Waals surface area contributed by atoms with Crippen LogP contribution in [0.4, 0.5) is 0 Å². The summed E-state index contributed by atoms with van der Waals surface area (Å²) in [5.41, 5.74) is 7.66. The van der Waals surface area contributed by atoms with Gasteiger partial charge in [0.1, 0.15) is 0 Å². The fraction of sp³-hybridized carbons (Fsp3) is 0.250. The minimum Gasteiger partial charge on any atom is -0.328 e. The number of sulfonamides is 1. The highest BCUT2D eigenvalue weighted by Crippen LogP contribution is 2.20. The first-order chi connectivity index (χ1) is 9.99. The zero-order valence-corrected chi connectivity index (χ0v) is 12.8. The molecule has 0 fully saturated rings. The Morgan fingerprint density at radius 1 is 1.00 bits per heavy atom. The van der Waals surface area contributed by atoms with Crippen LogP contribution in [0.1, 0.15) is 13.3 Å². The van der Waals surface area contributed by atoms with Crippen molar-refractivity contribution < 1.29 is 8.42 Å². The highest BCUT2D eigenvalue weighted by molar-refractivity contribution is 7.89. The maximum absolute atomic E-state index is 12.1. The van der Waals surface area contributed by atoms with Gasteiger partial charge in [0.15, 0.2) is 0 Å². The van der Waals surface area contributed by atoms with Gasteiger partial charge in [0.25, 0.3) is 0 Å². The molecule has 0 bridgehead atoms. The summed E-state index contributed by atoms with van der Waals surface area (Å²) in [5, 5.41) is 0. The molecule has 2 aromatic rings. The first-order valence-corrected chi connectivity index (χ1v) is 8.38. The molecule has 4 nitrogen and oxygen atoms in total. The smallest absolute Gasteiger partial charge is 0.240 e. The predicted octanol–water partition coefficient (Wildman–Crippen LogP) is 2.37. The third-order valence-corrected chi connectivity index (χ3v) is 4.64. The summed E-state index contributed by atoms with van der Waals surface area (Å²) in [5.74, 6) is 0. The molecule has 0 radical (unpaired) electrons. The van der Waals surface area contributed by atoms with Gasteiger partial charge < -0.3 is 5.73 Å². The molecule has 0 amide bonds. The largest absolute Gasteiger partial charge is 0.328 e. The predicted molar refractivity (Wildman–Crippen MR) is 85.3 cm³/mol. The van der Waals surface area contributed by atoms with Gasteiger partial charge in [-0.25, -0.2) is 13.1 Å². The van der Waals surface area contributed by atoms with E-state index in [0.29, 0.717) is 13.0 Å². The van der Waals surface area contributed by atoms with Gasteiger partial charge in [0.05, 0.1) is 4.90 Å². The van der Waals surface area contributed by atoms with E-state index in [1.165, 1.54) is 0 Å². The van der Waals surface area contributed by atoms with Crippen molar-refractivity contribution >= 4 is 10.0 Å². The summed E-state index contributed by atoms with van der Waals surface area (Å²) in [6.07, 6.45) is 0.612. The normalized spacial score (nSPS) is 13.0. The van der Waals surface area contributed by atoms with Crippen LogP contribution in [0.15, 0.2) is 59.5 Å². The SMILES string of the molecule is CC(N)CCNS(=O)(=O)c1ccc(-c2ccccc2)cc1. The summed E-state index contributed by atoms with van der Waals surface area (Å²) in [4.78, 5) is 0.270. The molecular weight excluding hydrogens is 284 g/mol. The lowest BCUT2D eigenvalue weighted by Gasteiger charge is -2.09. The van der Waals surface area contributed by atoms with Gasteiger partial charge >= 0.3 is 0 Å². The Morgan fingerprint density at radius 3 is 2.14 bits per heavy atom. The molecule has 2 aromatic carbocycles. The molecule has 0 aliphatic heterocycles. The topological polar surface area (TPSA) is 72.2 Å². The molecule has 0 saturated carbocycles. The maximum Gasteiger partial charge on any atom is 0.240 e. The van der Waals surface area contributed by atoms with Crippen LogP contribution in [0.3, 0.4) is 0 Å². The van der Waals surface area contributed by atoms with E-state index in [2.05, 4.69) is 4.72 Å². The van der Waals surface area contributed by atoms with Gasteiger partial charge in [-0.3, -0.25) is 0 Å². The quantitative estimate of drug-likeness (QED) is 0.860. The van der Waals surface area contributed by atoms with Crippen LogP contribution in [0.5, 0.6) is 0 Å². The minimum atomic E-state index is -3.46. The van der Waals surface area contributed by atoms with Crippen molar-refractivity contribution in [3.63, 3.8) is 0 Å². The average Bonchev–Trinajstić information content (AvgIpc) is 2.48. The Labute approximate surface area is 126 Å². The molecule has 0 saturated heterocycles. The third kappa shape index (κ3) is 4.39. The first kappa shape index (κ1) is 15.7. The van der Waals surface area contributed by atoms with Gasteiger partial charge in [-0.1, -0.05) is 42.5 Å². The van der Waals surface area contributed by atoms with E-state index >= 15 is 0 Å². The van der Waals surface area contributed by atoms with Gasteiger partial charge in [-0.15, -0.1) is 0 Å². The number of hydrogen-bond acceptors (Lipinski definition) is 3. The summed E-state index contributed by atoms with van der Waals surface area (Å²) >= 11 is 0. The Kier molecular flexibility index (Phi) is 5.12. The highest BCUT2D eigenvalue weighted by Gasteiger charge is 2.13. The van der Waals surface area contributed by atoms with Crippen LogP contribution in [0, 0.1) is 0 Å². The molecule has 0 spiro atoms. The van der Waals surface area contributed by atoms with E-state index in [1.807, 2.05) is 49.4 Å². The van der Waals surface area contributed by atoms with Crippen molar-refractivity contribution in [1.82, 2.24) is 4.72 Å². The lowest BCUT2D eigenvalue weighted by molar-refractivity contribution is 0.572. The molecule has 1 atom stereocenters. The molecular formula is C16H20N2O2S. The van der Waals surface area contributed by atoms with Crippen LogP contribution in [0.2, 0.25) is 0 Å². The molecule has 5 heteroatoms. The lowest BCUT2D eigenvalue weighted by Crippen LogP contribution is -2.29. The second-order valence-electron chi connectivity index (χ2n) is 5.05. The summed E-state index contributed by atoms with van der Waals surface area (Å²) in [6.45, 7) is 2.20. The number of rotatable bonds is 6. The van der Waals surface area contributed by atoms with Gasteiger partial charge in [-0.05, 0) is 36.6 Å². The Hall–Kier alpha value is -1.69. The molecule has 21 heavy (non-hydrogen) atoms. The first-order valence-electron chi connectivity index (χ1n) is 6.90. The van der Waals surface area contributed by atoms with E-state index in [0.717, 1.165) is 11.1 Å². The van der Waals surface area contributed by atoms with Crippen molar-refractivity contribution in [2.24, 2.45) is 5.73 Å². The molecule has 2 rings (SSSR count). The van der Waals surface area contributed by atoms with Gasteiger partial charge in [0.2, 0.25) is 10.0 Å². The van der Waals surface area contributed by atoms with E-state index in [9.17, 15) is 8.42 Å². The zero-order valence-electron chi connectivity index (χ0n) is 12.0. The molecule has 0 aliphatic carbocycles. The van der Waals surface area contributed by atoms with Gasteiger partial charge in [0, 0.05) is 12.6 Å². The number of nitrogens with two attached hydrogens (primary N) is 1. The minimum absolute atomic E-state index is 0.0202. The van der Waals surface area contributed by atoms with Crippen LogP contribution >= 0.6 is 0 Å². The maximum atomic E-state index is 12.1. The highest BCUT2D eigenvalue weighted by atomic mass is 32.2. The Bertz CT molecular complexity index is 665. The molecule has 0 aliphatic rings. The van der Waals surface area contributed by atoms with Crippen LogP contribution < -0.4 is 10.5 Å². The average molecular weight is 304 g/mol. The molecule has 0 heterocycles. The third-order valence-electron chi connectivity index (χ3n) is 3.16. The van der Waals surface area contributed by atoms with Gasteiger partial charge in [-0.2, -0.15) is 0 Å². The monoisotopic (exact) mass is 304 g/mol. The van der Waals surface area contributed by atoms with E-state index in [1.54, 1.807) is 12.1 Å². The number of benzene rings is 2. The van der Waals surface area contributed by atoms with Crippen molar-refractivity contribution in [2.45, 2.75) is 24.3 Å². The summed E-state index contributed by atoms with van der Waals surface area (Å²) < 4.78 is 26.8. The molecule has 112 valence electrons. The summed E-state index contributed by atoms with van der Waals surface area (Å²) in [6, 6.07) is 16.7. The fourth-order valence-electron chi connectivity index (χ4n) is 1.96. The zero-order chi connectivity index (χ0) is 15.3. The number of nitrogens with one attached hydrogen (secondary N) is 1. The number of hydrogen-bond donors (Lipinski definition) is 2. The Balaban J connectivity index is 2.11.